The van der Waals surface area contributed by atoms with E-state index in [9.17, 15) is 4.79 Å². The van der Waals surface area contributed by atoms with Crippen molar-refractivity contribution in [1.29, 1.82) is 0 Å². The molecule has 0 radical (unpaired) electrons. The molecule has 0 fully saturated rings. The molecule has 0 aliphatic heterocycles. The van der Waals surface area contributed by atoms with Crippen LogP contribution >= 0.6 is 11.8 Å². The molecule has 1 heterocycles. The molecule has 1 aromatic carbocycles. The molecule has 0 saturated carbocycles. The largest absolute Gasteiger partial charge is 0.348 e. The maximum absolute atomic E-state index is 11.9. The van der Waals surface area contributed by atoms with E-state index in [4.69, 9.17) is 5.73 Å². The minimum absolute atomic E-state index is 0.0541. The minimum Gasteiger partial charge on any atom is -0.348 e. The van der Waals surface area contributed by atoms with Gasteiger partial charge in [-0.1, -0.05) is 18.2 Å². The zero-order chi connectivity index (χ0) is 12.8. The summed E-state index contributed by atoms with van der Waals surface area (Å²) in [6, 6.07) is 9.36. The standard InChI is InChI=1S/C13H15N3OS/c14-12(6-10-7-15-9-16-10)13(17)8-18-11-4-2-1-3-5-11/h1-5,7,9,12H,6,8,14H2,(H,15,16)/t12-/m0/s1. The summed E-state index contributed by atoms with van der Waals surface area (Å²) < 4.78 is 0. The molecule has 1 aromatic heterocycles. The minimum atomic E-state index is -0.471. The van der Waals surface area contributed by atoms with Gasteiger partial charge < -0.3 is 10.7 Å². The van der Waals surface area contributed by atoms with E-state index < -0.39 is 6.04 Å². The number of nitrogens with zero attached hydrogens (tertiary/aromatic N) is 1. The number of carbonyl (C=O) groups is 1. The van der Waals surface area contributed by atoms with E-state index in [0.717, 1.165) is 10.6 Å². The lowest BCUT2D eigenvalue weighted by Gasteiger charge is -2.08. The van der Waals surface area contributed by atoms with E-state index in [0.29, 0.717) is 12.2 Å². The van der Waals surface area contributed by atoms with Crippen molar-refractivity contribution in [3.63, 3.8) is 0 Å². The third kappa shape index (κ3) is 3.72. The molecule has 3 N–H and O–H groups in total. The maximum Gasteiger partial charge on any atom is 0.160 e. The number of Topliss-reactive ketones (excluding diaryl/α,β-unsaturated/α-hetero) is 1. The fourth-order valence-electron chi connectivity index (χ4n) is 1.53. The predicted molar refractivity (Wildman–Crippen MR) is 72.4 cm³/mol. The first-order valence-corrected chi connectivity index (χ1v) is 6.67. The number of hydrogen-bond donors (Lipinski definition) is 2. The lowest BCUT2D eigenvalue weighted by molar-refractivity contribution is -0.117. The van der Waals surface area contributed by atoms with Gasteiger partial charge in [-0.05, 0) is 12.1 Å². The van der Waals surface area contributed by atoms with Crippen molar-refractivity contribution in [2.75, 3.05) is 5.75 Å². The van der Waals surface area contributed by atoms with Crippen LogP contribution in [-0.2, 0) is 11.2 Å². The number of aromatic amines is 1. The second-order valence-corrected chi connectivity index (χ2v) is 5.00. The highest BCUT2D eigenvalue weighted by Gasteiger charge is 2.14. The Balaban J connectivity index is 1.81. The third-order valence-corrected chi connectivity index (χ3v) is 3.57. The number of nitrogens with two attached hydrogens (primary N) is 1. The van der Waals surface area contributed by atoms with Gasteiger partial charge in [0.1, 0.15) is 0 Å². The monoisotopic (exact) mass is 261 g/mol. The highest BCUT2D eigenvalue weighted by Crippen LogP contribution is 2.17. The molecule has 94 valence electrons. The SMILES string of the molecule is N[C@@H](Cc1cnc[nH]1)C(=O)CSc1ccccc1. The number of H-pyrrole nitrogens is 1. The van der Waals surface area contributed by atoms with Crippen molar-refractivity contribution in [3.8, 4) is 0 Å². The molecule has 18 heavy (non-hydrogen) atoms. The highest BCUT2D eigenvalue weighted by atomic mass is 32.2. The summed E-state index contributed by atoms with van der Waals surface area (Å²) in [4.78, 5) is 19.8. The van der Waals surface area contributed by atoms with Gasteiger partial charge in [-0.3, -0.25) is 4.79 Å². The molecular weight excluding hydrogens is 246 g/mol. The number of ketones is 1. The van der Waals surface area contributed by atoms with E-state index in [2.05, 4.69) is 9.97 Å². The van der Waals surface area contributed by atoms with E-state index in [1.54, 1.807) is 12.5 Å². The Labute approximate surface area is 110 Å². The Hall–Kier alpha value is -1.59. The number of nitrogens with one attached hydrogen (secondary N) is 1. The Bertz CT molecular complexity index is 484. The summed E-state index contributed by atoms with van der Waals surface area (Å²) in [5, 5.41) is 0. The molecule has 0 saturated heterocycles. The van der Waals surface area contributed by atoms with Crippen LogP contribution in [0, 0.1) is 0 Å². The van der Waals surface area contributed by atoms with Crippen LogP contribution in [0.5, 0.6) is 0 Å². The highest BCUT2D eigenvalue weighted by molar-refractivity contribution is 8.00. The normalized spacial score (nSPS) is 12.3. The van der Waals surface area contributed by atoms with Crippen LogP contribution in [0.2, 0.25) is 0 Å². The van der Waals surface area contributed by atoms with Crippen LogP contribution < -0.4 is 5.73 Å². The third-order valence-electron chi connectivity index (χ3n) is 2.53. The zero-order valence-electron chi connectivity index (χ0n) is 9.87. The fraction of sp³-hybridized carbons (Fsp3) is 0.231. The van der Waals surface area contributed by atoms with E-state index >= 15 is 0 Å². The van der Waals surface area contributed by atoms with Crippen molar-refractivity contribution in [1.82, 2.24) is 9.97 Å². The van der Waals surface area contributed by atoms with Gasteiger partial charge in [0.2, 0.25) is 0 Å². The van der Waals surface area contributed by atoms with Crippen molar-refractivity contribution in [2.24, 2.45) is 5.73 Å². The average Bonchev–Trinajstić information content (AvgIpc) is 2.90. The Morgan fingerprint density at radius 2 is 2.17 bits per heavy atom. The van der Waals surface area contributed by atoms with Crippen LogP contribution in [0.3, 0.4) is 0 Å². The smallest absolute Gasteiger partial charge is 0.160 e. The van der Waals surface area contributed by atoms with Gasteiger partial charge in [0.25, 0.3) is 0 Å². The first-order valence-electron chi connectivity index (χ1n) is 5.69. The maximum atomic E-state index is 11.9. The summed E-state index contributed by atoms with van der Waals surface area (Å²) in [6.45, 7) is 0. The molecule has 5 heteroatoms. The van der Waals surface area contributed by atoms with Gasteiger partial charge in [-0.2, -0.15) is 0 Å². The molecular formula is C13H15N3OS. The topological polar surface area (TPSA) is 71.8 Å². The van der Waals surface area contributed by atoms with Crippen LogP contribution in [-0.4, -0.2) is 27.5 Å². The first-order chi connectivity index (χ1) is 8.75. The van der Waals surface area contributed by atoms with Crippen molar-refractivity contribution in [2.45, 2.75) is 17.4 Å². The van der Waals surface area contributed by atoms with Gasteiger partial charge >= 0.3 is 0 Å². The molecule has 0 aliphatic rings. The van der Waals surface area contributed by atoms with E-state index in [1.165, 1.54) is 11.8 Å². The van der Waals surface area contributed by atoms with Gasteiger partial charge in [0.15, 0.2) is 5.78 Å². The molecule has 0 bridgehead atoms. The van der Waals surface area contributed by atoms with Crippen molar-refractivity contribution in [3.05, 3.63) is 48.5 Å². The molecule has 0 aliphatic carbocycles. The van der Waals surface area contributed by atoms with Gasteiger partial charge in [-0.15, -0.1) is 11.8 Å². The lowest BCUT2D eigenvalue weighted by atomic mass is 10.1. The summed E-state index contributed by atoms with van der Waals surface area (Å²) >= 11 is 1.51. The van der Waals surface area contributed by atoms with Crippen LogP contribution in [0.4, 0.5) is 0 Å². The summed E-state index contributed by atoms with van der Waals surface area (Å²) in [5.74, 6) is 0.456. The molecule has 0 spiro atoms. The number of benzene rings is 1. The first kappa shape index (κ1) is 12.9. The fourth-order valence-corrected chi connectivity index (χ4v) is 2.40. The molecule has 0 unspecified atom stereocenters. The number of aromatic nitrogens is 2. The average molecular weight is 261 g/mol. The van der Waals surface area contributed by atoms with Gasteiger partial charge in [-0.25, -0.2) is 4.98 Å². The van der Waals surface area contributed by atoms with E-state index in [1.807, 2.05) is 30.3 Å². The van der Waals surface area contributed by atoms with Crippen LogP contribution in [0.15, 0.2) is 47.8 Å². The van der Waals surface area contributed by atoms with Crippen molar-refractivity contribution < 1.29 is 4.79 Å². The number of thioether (sulfide) groups is 1. The summed E-state index contributed by atoms with van der Waals surface area (Å²) in [5.41, 5.74) is 6.75. The van der Waals surface area contributed by atoms with Crippen LogP contribution in [0.1, 0.15) is 5.69 Å². The molecule has 1 atom stereocenters. The number of hydrogen-bond acceptors (Lipinski definition) is 4. The van der Waals surface area contributed by atoms with Gasteiger partial charge in [0.05, 0.1) is 18.1 Å². The second kappa shape index (κ2) is 6.37. The Kier molecular flexibility index (Phi) is 4.55. The van der Waals surface area contributed by atoms with E-state index in [-0.39, 0.29) is 5.78 Å². The molecule has 4 nitrogen and oxygen atoms in total. The summed E-state index contributed by atoms with van der Waals surface area (Å²) in [6.07, 6.45) is 3.79. The molecule has 0 amide bonds. The Morgan fingerprint density at radius 3 is 2.83 bits per heavy atom. The lowest BCUT2D eigenvalue weighted by Crippen LogP contribution is -2.34. The Morgan fingerprint density at radius 1 is 1.39 bits per heavy atom. The quantitative estimate of drug-likeness (QED) is 0.775. The predicted octanol–water partition coefficient (Wildman–Crippen LogP) is 1.64. The number of imidazole rings is 1. The summed E-state index contributed by atoms with van der Waals surface area (Å²) in [7, 11) is 0. The van der Waals surface area contributed by atoms with Crippen LogP contribution in [0.25, 0.3) is 0 Å². The zero-order valence-corrected chi connectivity index (χ0v) is 10.7. The second-order valence-electron chi connectivity index (χ2n) is 3.96. The number of rotatable bonds is 6. The van der Waals surface area contributed by atoms with Crippen molar-refractivity contribution >= 4 is 17.5 Å². The van der Waals surface area contributed by atoms with Gasteiger partial charge in [0, 0.05) is 23.2 Å². The molecule has 2 aromatic rings. The number of carbonyl (C=O) groups excluding carboxylic acids is 1. The molecule has 2 rings (SSSR count).